The van der Waals surface area contributed by atoms with Crippen molar-refractivity contribution in [3.05, 3.63) is 64.2 Å². The van der Waals surface area contributed by atoms with E-state index in [2.05, 4.69) is 21.1 Å². The van der Waals surface area contributed by atoms with Gasteiger partial charge in [-0.2, -0.15) is 0 Å². The van der Waals surface area contributed by atoms with Gasteiger partial charge in [0.25, 0.3) is 0 Å². The zero-order valence-electron chi connectivity index (χ0n) is 19.6. The minimum atomic E-state index is -0.666. The fourth-order valence-electron chi connectivity index (χ4n) is 4.12. The van der Waals surface area contributed by atoms with Gasteiger partial charge in [0.05, 0.1) is 43.4 Å². The third-order valence-corrected chi connectivity index (χ3v) is 5.96. The van der Waals surface area contributed by atoms with Crippen LogP contribution in [0.3, 0.4) is 0 Å². The van der Waals surface area contributed by atoms with Crippen molar-refractivity contribution in [1.29, 1.82) is 0 Å². The van der Waals surface area contributed by atoms with Crippen molar-refractivity contribution in [2.45, 2.75) is 6.92 Å². The van der Waals surface area contributed by atoms with Crippen LogP contribution >= 0.6 is 0 Å². The fraction of sp³-hybridized carbons (Fsp3) is 0.231. The Hall–Kier alpha value is -4.04. The summed E-state index contributed by atoms with van der Waals surface area (Å²) in [6, 6.07) is 9.44. The van der Waals surface area contributed by atoms with Gasteiger partial charge in [0, 0.05) is 16.9 Å². The molecule has 6 N–H and O–H groups in total. The van der Waals surface area contributed by atoms with Gasteiger partial charge in [-0.25, -0.2) is 0 Å². The van der Waals surface area contributed by atoms with E-state index in [1.165, 1.54) is 18.2 Å². The summed E-state index contributed by atoms with van der Waals surface area (Å²) in [6.07, 6.45) is 0. The number of ketones is 2. The number of nitrogen functional groups attached to an aromatic ring is 2. The van der Waals surface area contributed by atoms with Gasteiger partial charge < -0.3 is 30.9 Å². The normalized spacial score (nSPS) is 12.9. The van der Waals surface area contributed by atoms with E-state index in [1.54, 1.807) is 12.1 Å². The molecule has 1 aliphatic carbocycles. The molecule has 8 nitrogen and oxygen atoms in total. The lowest BCUT2D eigenvalue weighted by Gasteiger charge is -2.24. The van der Waals surface area contributed by atoms with E-state index in [0.29, 0.717) is 23.5 Å². The number of quaternary nitrogens is 1. The molecule has 0 atom stereocenters. The smallest absolute Gasteiger partial charge is 0.200 e. The molecule has 0 heterocycles. The second-order valence-electron chi connectivity index (χ2n) is 9.54. The predicted octanol–water partition coefficient (Wildman–Crippen LogP) is 3.10. The van der Waals surface area contributed by atoms with E-state index >= 15 is 0 Å². The third kappa shape index (κ3) is 3.82. The van der Waals surface area contributed by atoms with Gasteiger partial charge in [0.15, 0.2) is 0 Å². The standard InChI is InChI=1S/C26H27N3O5/c1-13-11-14(5-8-19(13)34-10-9-29(2,3)4)15-12-17(28)21-23(24(15)31)26(33)20-16(27)6-7-18(30)22(20)25(21)32/h5-8,11-12H,9-10H2,1-4H3,(H5-,27,28,30,31,32,33)/p+1. The van der Waals surface area contributed by atoms with Crippen molar-refractivity contribution in [1.82, 2.24) is 0 Å². The molecule has 1 aliphatic rings. The molecule has 0 bridgehead atoms. The average molecular weight is 463 g/mol. The number of carbonyl (C=O) groups excluding carboxylic acids is 2. The number of anilines is 2. The fourth-order valence-corrected chi connectivity index (χ4v) is 4.12. The summed E-state index contributed by atoms with van der Waals surface area (Å²) in [7, 11) is 6.26. The number of aryl methyl sites for hydroxylation is 1. The van der Waals surface area contributed by atoms with Crippen LogP contribution < -0.4 is 16.2 Å². The van der Waals surface area contributed by atoms with Crippen LogP contribution in [-0.4, -0.2) is 60.6 Å². The molecule has 0 saturated carbocycles. The molecular formula is C26H28N3O5+. The van der Waals surface area contributed by atoms with Crippen LogP contribution in [0.2, 0.25) is 0 Å². The first-order valence-electron chi connectivity index (χ1n) is 10.8. The molecule has 0 aromatic heterocycles. The maximum atomic E-state index is 13.3. The van der Waals surface area contributed by atoms with Crippen molar-refractivity contribution in [3.8, 4) is 28.4 Å². The van der Waals surface area contributed by atoms with E-state index < -0.39 is 11.6 Å². The number of ether oxygens (including phenoxy) is 1. The topological polar surface area (TPSA) is 136 Å². The molecular weight excluding hydrogens is 434 g/mol. The third-order valence-electron chi connectivity index (χ3n) is 5.96. The molecule has 0 aliphatic heterocycles. The van der Waals surface area contributed by atoms with Gasteiger partial charge in [-0.1, -0.05) is 6.07 Å². The molecule has 0 fully saturated rings. The van der Waals surface area contributed by atoms with E-state index in [-0.39, 0.29) is 45.1 Å². The Labute approximate surface area is 197 Å². The Balaban J connectivity index is 1.78. The highest BCUT2D eigenvalue weighted by Gasteiger charge is 2.38. The van der Waals surface area contributed by atoms with Crippen molar-refractivity contribution >= 4 is 22.9 Å². The SMILES string of the molecule is Cc1cc(-c2cc(N)c3c(c2O)C(=O)c2c(N)ccc(O)c2C3=O)ccc1OCC[N+](C)(C)C. The monoisotopic (exact) mass is 462 g/mol. The van der Waals surface area contributed by atoms with Crippen molar-refractivity contribution < 1.29 is 29.0 Å². The number of carbonyl (C=O) groups is 2. The minimum Gasteiger partial charge on any atom is -0.507 e. The number of phenols is 2. The highest BCUT2D eigenvalue weighted by Crippen LogP contribution is 2.45. The summed E-state index contributed by atoms with van der Waals surface area (Å²) in [6.45, 7) is 3.27. The summed E-state index contributed by atoms with van der Waals surface area (Å²) < 4.78 is 6.68. The number of fused-ring (bicyclic) bond motifs is 2. The highest BCUT2D eigenvalue weighted by atomic mass is 16.5. The molecule has 3 aromatic carbocycles. The van der Waals surface area contributed by atoms with Crippen LogP contribution in [0.1, 0.15) is 37.4 Å². The number of hydrogen-bond acceptors (Lipinski definition) is 7. The molecule has 0 radical (unpaired) electrons. The first-order valence-corrected chi connectivity index (χ1v) is 10.8. The Morgan fingerprint density at radius 3 is 2.15 bits per heavy atom. The Bertz CT molecular complexity index is 1360. The number of benzene rings is 3. The maximum Gasteiger partial charge on any atom is 0.200 e. The summed E-state index contributed by atoms with van der Waals surface area (Å²) in [4.78, 5) is 26.5. The second kappa shape index (κ2) is 8.07. The maximum absolute atomic E-state index is 13.3. The van der Waals surface area contributed by atoms with Crippen LogP contribution in [0.4, 0.5) is 11.4 Å². The van der Waals surface area contributed by atoms with E-state index in [0.717, 1.165) is 16.6 Å². The lowest BCUT2D eigenvalue weighted by Crippen LogP contribution is -2.38. The van der Waals surface area contributed by atoms with Crippen molar-refractivity contribution in [2.75, 3.05) is 45.8 Å². The molecule has 0 spiro atoms. The average Bonchev–Trinajstić information content (AvgIpc) is 2.75. The first-order chi connectivity index (χ1) is 15.9. The van der Waals surface area contributed by atoms with Crippen molar-refractivity contribution in [3.63, 3.8) is 0 Å². The molecule has 34 heavy (non-hydrogen) atoms. The van der Waals surface area contributed by atoms with Crippen LogP contribution in [0.5, 0.6) is 17.2 Å². The van der Waals surface area contributed by atoms with Gasteiger partial charge in [-0.05, 0) is 48.4 Å². The summed E-state index contributed by atoms with van der Waals surface area (Å²) in [5, 5.41) is 21.3. The molecule has 8 heteroatoms. The van der Waals surface area contributed by atoms with E-state index in [1.807, 2.05) is 13.0 Å². The predicted molar refractivity (Wildman–Crippen MR) is 130 cm³/mol. The molecule has 3 aromatic rings. The van der Waals surface area contributed by atoms with Crippen LogP contribution in [0.25, 0.3) is 11.1 Å². The highest BCUT2D eigenvalue weighted by molar-refractivity contribution is 6.33. The van der Waals surface area contributed by atoms with Gasteiger partial charge in [-0.15, -0.1) is 0 Å². The van der Waals surface area contributed by atoms with E-state index in [9.17, 15) is 19.8 Å². The summed E-state index contributed by atoms with van der Waals surface area (Å²) >= 11 is 0. The number of phenolic OH excluding ortho intramolecular Hbond substituents is 2. The zero-order valence-corrected chi connectivity index (χ0v) is 19.6. The van der Waals surface area contributed by atoms with Gasteiger partial charge in [0.2, 0.25) is 11.6 Å². The minimum absolute atomic E-state index is 0.0227. The van der Waals surface area contributed by atoms with Crippen LogP contribution in [0, 0.1) is 6.92 Å². The number of likely N-dealkylation sites (N-methyl/N-ethyl adjacent to an activating group) is 1. The van der Waals surface area contributed by atoms with Gasteiger partial charge in [0.1, 0.15) is 30.4 Å². The summed E-state index contributed by atoms with van der Waals surface area (Å²) in [5.74, 6) is -1.35. The number of nitrogens with two attached hydrogens (primary N) is 2. The molecule has 0 saturated heterocycles. The molecule has 0 amide bonds. The number of hydrogen-bond donors (Lipinski definition) is 4. The summed E-state index contributed by atoms with van der Waals surface area (Å²) in [5.41, 5.74) is 13.3. The Kier molecular flexibility index (Phi) is 5.49. The largest absolute Gasteiger partial charge is 0.507 e. The molecule has 176 valence electrons. The number of aromatic hydroxyl groups is 2. The lowest BCUT2D eigenvalue weighted by molar-refractivity contribution is -0.870. The van der Waals surface area contributed by atoms with E-state index in [4.69, 9.17) is 16.2 Å². The quantitative estimate of drug-likeness (QED) is 0.203. The van der Waals surface area contributed by atoms with Crippen molar-refractivity contribution in [2.24, 2.45) is 0 Å². The second-order valence-corrected chi connectivity index (χ2v) is 9.54. The number of rotatable bonds is 5. The van der Waals surface area contributed by atoms with Crippen LogP contribution in [0.15, 0.2) is 36.4 Å². The lowest BCUT2D eigenvalue weighted by atomic mass is 9.80. The van der Waals surface area contributed by atoms with Crippen LogP contribution in [-0.2, 0) is 0 Å². The van der Waals surface area contributed by atoms with Gasteiger partial charge in [-0.3, -0.25) is 9.59 Å². The zero-order chi connectivity index (χ0) is 24.9. The first kappa shape index (κ1) is 23.1. The Morgan fingerprint density at radius 2 is 1.50 bits per heavy atom. The molecule has 4 rings (SSSR count). The number of nitrogens with zero attached hydrogens (tertiary/aromatic N) is 1. The van der Waals surface area contributed by atoms with Gasteiger partial charge >= 0.3 is 0 Å². The Morgan fingerprint density at radius 1 is 0.853 bits per heavy atom. The molecule has 0 unspecified atom stereocenters.